The van der Waals surface area contributed by atoms with Crippen molar-refractivity contribution in [3.63, 3.8) is 0 Å². The van der Waals surface area contributed by atoms with Crippen LogP contribution >= 0.6 is 0 Å². The minimum Gasteiger partial charge on any atom is -0.462 e. The quantitative estimate of drug-likeness (QED) is 0.0261. The third-order valence-electron chi connectivity index (χ3n) is 14.6. The van der Waals surface area contributed by atoms with Gasteiger partial charge in [0.15, 0.2) is 6.10 Å². The van der Waals surface area contributed by atoms with Crippen molar-refractivity contribution in [2.75, 3.05) is 13.2 Å². The van der Waals surface area contributed by atoms with Gasteiger partial charge in [0.1, 0.15) is 13.2 Å². The second-order valence-electron chi connectivity index (χ2n) is 22.7. The fraction of sp³-hybridized carbons (Fsp3) is 0.675. The lowest BCUT2D eigenvalue weighted by Crippen LogP contribution is -2.30. The van der Waals surface area contributed by atoms with E-state index in [2.05, 4.69) is 154 Å². The summed E-state index contributed by atoms with van der Waals surface area (Å²) in [6.45, 7) is 6.41. The first kappa shape index (κ1) is 78.5. The summed E-state index contributed by atoms with van der Waals surface area (Å²) in [6, 6.07) is 0. The van der Waals surface area contributed by atoms with E-state index in [1.807, 2.05) is 0 Å². The lowest BCUT2D eigenvalue weighted by Gasteiger charge is -2.18. The number of hydrogen-bond acceptors (Lipinski definition) is 6. The van der Waals surface area contributed by atoms with Gasteiger partial charge in [-0.3, -0.25) is 14.4 Å². The molecule has 0 heterocycles. The Kier molecular flexibility index (Phi) is 66.3. The molecule has 0 aromatic carbocycles. The molecule has 0 aliphatic rings. The molecule has 0 aliphatic carbocycles. The van der Waals surface area contributed by atoms with Crippen LogP contribution < -0.4 is 0 Å². The van der Waals surface area contributed by atoms with Gasteiger partial charge in [0.25, 0.3) is 0 Å². The molecule has 0 rings (SSSR count). The van der Waals surface area contributed by atoms with Crippen molar-refractivity contribution < 1.29 is 28.6 Å². The van der Waals surface area contributed by atoms with Crippen molar-refractivity contribution in [2.45, 2.75) is 322 Å². The standard InChI is InChI=1S/C77H128O6/c1-4-7-10-13-16-19-22-25-28-30-32-34-36-37-38-39-41-42-44-46-49-52-55-58-61-64-67-70-76(79)82-73-74(72-81-75(78)69-66-63-60-57-54-51-48-27-24-21-18-15-12-9-6-3)83-77(80)71-68-65-62-59-56-53-50-47-45-43-40-35-33-31-29-26-23-20-17-14-11-8-5-2/h7,9-10,12,16,18-19,21,25,27-28,31-34,37-38,41-42,46,48-49,74H,4-6,8,11,13-15,17,20,22-24,26,29-30,35-36,39-40,43-45,47,50-73H2,1-3H3/b10-7-,12-9-,19-16-,21-18-,28-25-,33-31-,34-32-,38-37-,42-41-,48-27-,49-46-. The van der Waals surface area contributed by atoms with E-state index in [1.165, 1.54) is 116 Å². The van der Waals surface area contributed by atoms with Crippen LogP contribution in [0.4, 0.5) is 0 Å². The monoisotopic (exact) mass is 1150 g/mol. The van der Waals surface area contributed by atoms with Crippen molar-refractivity contribution in [3.05, 3.63) is 134 Å². The van der Waals surface area contributed by atoms with Gasteiger partial charge in [-0.1, -0.05) is 296 Å². The third-order valence-corrected chi connectivity index (χ3v) is 14.6. The maximum Gasteiger partial charge on any atom is 0.306 e. The molecule has 0 aromatic rings. The van der Waals surface area contributed by atoms with Gasteiger partial charge in [-0.2, -0.15) is 0 Å². The number of hydrogen-bond donors (Lipinski definition) is 0. The first-order valence-electron chi connectivity index (χ1n) is 34.7. The van der Waals surface area contributed by atoms with Gasteiger partial charge < -0.3 is 14.2 Å². The van der Waals surface area contributed by atoms with E-state index >= 15 is 0 Å². The van der Waals surface area contributed by atoms with Gasteiger partial charge in [0, 0.05) is 19.3 Å². The zero-order valence-electron chi connectivity index (χ0n) is 54.2. The molecule has 0 bridgehead atoms. The predicted molar refractivity (Wildman–Crippen MR) is 362 cm³/mol. The number of carbonyl (C=O) groups excluding carboxylic acids is 3. The molecule has 472 valence electrons. The second-order valence-corrected chi connectivity index (χ2v) is 22.7. The van der Waals surface area contributed by atoms with E-state index in [9.17, 15) is 14.4 Å². The molecule has 0 aromatic heterocycles. The summed E-state index contributed by atoms with van der Waals surface area (Å²) in [7, 11) is 0. The van der Waals surface area contributed by atoms with Crippen LogP contribution in [0.3, 0.4) is 0 Å². The zero-order chi connectivity index (χ0) is 59.9. The molecule has 0 amide bonds. The lowest BCUT2D eigenvalue weighted by molar-refractivity contribution is -0.167. The van der Waals surface area contributed by atoms with Crippen molar-refractivity contribution >= 4 is 17.9 Å². The summed E-state index contributed by atoms with van der Waals surface area (Å²) in [4.78, 5) is 38.4. The summed E-state index contributed by atoms with van der Waals surface area (Å²) in [5.74, 6) is -0.924. The molecule has 0 saturated carbocycles. The molecule has 0 fully saturated rings. The highest BCUT2D eigenvalue weighted by atomic mass is 16.6. The molecule has 1 atom stereocenters. The fourth-order valence-electron chi connectivity index (χ4n) is 9.49. The summed E-state index contributed by atoms with van der Waals surface area (Å²) < 4.78 is 17.0. The Hall–Kier alpha value is -4.45. The number of ether oxygens (including phenoxy) is 3. The van der Waals surface area contributed by atoms with Crippen LogP contribution in [0, 0.1) is 0 Å². The van der Waals surface area contributed by atoms with Crippen LogP contribution in [-0.4, -0.2) is 37.2 Å². The van der Waals surface area contributed by atoms with Gasteiger partial charge in [0.2, 0.25) is 0 Å². The van der Waals surface area contributed by atoms with Gasteiger partial charge in [-0.25, -0.2) is 0 Å². The van der Waals surface area contributed by atoms with Crippen molar-refractivity contribution in [2.24, 2.45) is 0 Å². The summed E-state index contributed by atoms with van der Waals surface area (Å²) in [6.07, 6.45) is 99.0. The largest absolute Gasteiger partial charge is 0.462 e. The van der Waals surface area contributed by atoms with Crippen LogP contribution in [-0.2, 0) is 28.6 Å². The van der Waals surface area contributed by atoms with Crippen LogP contribution in [0.1, 0.15) is 316 Å². The molecule has 0 saturated heterocycles. The summed E-state index contributed by atoms with van der Waals surface area (Å²) >= 11 is 0. The average molecular weight is 1150 g/mol. The van der Waals surface area contributed by atoms with Gasteiger partial charge in [-0.05, 0) is 135 Å². The topological polar surface area (TPSA) is 78.9 Å². The molecule has 6 heteroatoms. The Morgan fingerprint density at radius 1 is 0.253 bits per heavy atom. The molecule has 0 aliphatic heterocycles. The van der Waals surface area contributed by atoms with E-state index in [-0.39, 0.29) is 31.1 Å². The van der Waals surface area contributed by atoms with Crippen LogP contribution in [0.15, 0.2) is 134 Å². The number of esters is 3. The highest BCUT2D eigenvalue weighted by Crippen LogP contribution is 2.16. The second kappa shape index (κ2) is 70.0. The number of allylic oxidation sites excluding steroid dienone is 22. The molecule has 6 nitrogen and oxygen atoms in total. The minimum atomic E-state index is -0.801. The Bertz CT molecular complexity index is 1750. The predicted octanol–water partition coefficient (Wildman–Crippen LogP) is 24.1. The molecule has 0 spiro atoms. The smallest absolute Gasteiger partial charge is 0.306 e. The van der Waals surface area contributed by atoms with Gasteiger partial charge in [0.05, 0.1) is 0 Å². The molecular formula is C77H128O6. The molecule has 0 radical (unpaired) electrons. The maximum atomic E-state index is 13.0. The maximum absolute atomic E-state index is 13.0. The zero-order valence-corrected chi connectivity index (χ0v) is 54.2. The first-order valence-corrected chi connectivity index (χ1v) is 34.7. The average Bonchev–Trinajstić information content (AvgIpc) is 3.49. The Labute approximate surface area is 513 Å². The fourth-order valence-corrected chi connectivity index (χ4v) is 9.49. The Morgan fingerprint density at radius 3 is 0.747 bits per heavy atom. The third kappa shape index (κ3) is 68.2. The van der Waals surface area contributed by atoms with Gasteiger partial charge >= 0.3 is 17.9 Å². The molecular weight excluding hydrogens is 1020 g/mol. The normalized spacial score (nSPS) is 13.0. The van der Waals surface area contributed by atoms with Crippen LogP contribution in [0.25, 0.3) is 0 Å². The van der Waals surface area contributed by atoms with Crippen molar-refractivity contribution in [1.82, 2.24) is 0 Å². The van der Waals surface area contributed by atoms with E-state index in [0.717, 1.165) is 161 Å². The van der Waals surface area contributed by atoms with Crippen LogP contribution in [0.2, 0.25) is 0 Å². The van der Waals surface area contributed by atoms with E-state index < -0.39 is 6.10 Å². The van der Waals surface area contributed by atoms with E-state index in [1.54, 1.807) is 0 Å². The van der Waals surface area contributed by atoms with Crippen molar-refractivity contribution in [1.29, 1.82) is 0 Å². The Morgan fingerprint density at radius 2 is 0.470 bits per heavy atom. The summed E-state index contributed by atoms with van der Waals surface area (Å²) in [5, 5.41) is 0. The van der Waals surface area contributed by atoms with Gasteiger partial charge in [-0.15, -0.1) is 0 Å². The SMILES string of the molecule is CC/C=C\C/C=C\C/C=C\C/C=C\C/C=C\C/C=C\C/C=C\CCCCCCCC(=O)OCC(COC(=O)CCCCCCC/C=C\C/C=C\C/C=C\CC)OC(=O)CCCCCCCCCCCCC/C=C\CCCCCCCCCC. The number of rotatable bonds is 62. The molecule has 1 unspecified atom stereocenters. The van der Waals surface area contributed by atoms with E-state index in [4.69, 9.17) is 14.2 Å². The highest BCUT2D eigenvalue weighted by molar-refractivity contribution is 5.71. The highest BCUT2D eigenvalue weighted by Gasteiger charge is 2.19. The summed E-state index contributed by atoms with van der Waals surface area (Å²) in [5.41, 5.74) is 0. The van der Waals surface area contributed by atoms with Crippen LogP contribution in [0.5, 0.6) is 0 Å². The first-order chi connectivity index (χ1) is 41.0. The van der Waals surface area contributed by atoms with Crippen molar-refractivity contribution in [3.8, 4) is 0 Å². The molecule has 83 heavy (non-hydrogen) atoms. The van der Waals surface area contributed by atoms with E-state index in [0.29, 0.717) is 19.3 Å². The number of unbranched alkanes of at least 4 members (excludes halogenated alkanes) is 29. The number of carbonyl (C=O) groups is 3. The lowest BCUT2D eigenvalue weighted by atomic mass is 10.0. The minimum absolute atomic E-state index is 0.0961. The Balaban J connectivity index is 4.41. The molecule has 0 N–H and O–H groups in total.